The molecule has 2 saturated carbocycles. The van der Waals surface area contributed by atoms with Gasteiger partial charge >= 0.3 is 6.03 Å². The van der Waals surface area contributed by atoms with Crippen molar-refractivity contribution in [2.24, 2.45) is 0 Å². The van der Waals surface area contributed by atoms with Crippen molar-refractivity contribution in [1.29, 1.82) is 0 Å². The maximum atomic E-state index is 16.2. The number of amides is 2. The van der Waals surface area contributed by atoms with Gasteiger partial charge in [-0.3, -0.25) is 14.5 Å². The predicted octanol–water partition coefficient (Wildman–Crippen LogP) is 5.13. The lowest BCUT2D eigenvalue weighted by atomic mass is 10.0. The second kappa shape index (κ2) is 8.28. The van der Waals surface area contributed by atoms with Gasteiger partial charge in [-0.25, -0.2) is 18.3 Å². The number of hydrogen-bond acceptors (Lipinski definition) is 5. The summed E-state index contributed by atoms with van der Waals surface area (Å²) in [5, 5.41) is 13.3. The third-order valence-electron chi connectivity index (χ3n) is 9.26. The van der Waals surface area contributed by atoms with Gasteiger partial charge in [0.1, 0.15) is 29.7 Å². The molecule has 1 N–H and O–H groups in total. The van der Waals surface area contributed by atoms with Crippen molar-refractivity contribution in [3.8, 4) is 11.4 Å². The zero-order valence-electron chi connectivity index (χ0n) is 22.6. The van der Waals surface area contributed by atoms with Crippen molar-refractivity contribution < 1.29 is 18.3 Å². The van der Waals surface area contributed by atoms with Crippen LogP contribution in [0.3, 0.4) is 0 Å². The number of rotatable bonds is 4. The highest BCUT2D eigenvalue weighted by molar-refractivity contribution is 6.09. The molecule has 5 aliphatic rings. The SMILES string of the molecule is C[C@@H]1NCCc2nn(-c3ccc(F)c(C4CC4)c3)c(N3C[C@@H]4COc5cc6c(cnn6C6CC6)c(F)c5N4C3=O)c21. The van der Waals surface area contributed by atoms with Crippen LogP contribution in [0.2, 0.25) is 0 Å². The molecule has 210 valence electrons. The molecule has 1 saturated heterocycles. The topological polar surface area (TPSA) is 80.5 Å². The fourth-order valence-corrected chi connectivity index (χ4v) is 6.90. The Bertz CT molecular complexity index is 1770. The van der Waals surface area contributed by atoms with E-state index < -0.39 is 5.82 Å². The molecule has 2 aromatic heterocycles. The van der Waals surface area contributed by atoms with Crippen molar-refractivity contribution in [1.82, 2.24) is 24.9 Å². The van der Waals surface area contributed by atoms with Gasteiger partial charge in [0, 0.05) is 30.6 Å². The molecule has 0 bridgehead atoms. The second-order valence-electron chi connectivity index (χ2n) is 12.0. The third kappa shape index (κ3) is 3.38. The summed E-state index contributed by atoms with van der Waals surface area (Å²) in [4.78, 5) is 17.6. The van der Waals surface area contributed by atoms with Crippen LogP contribution in [-0.2, 0) is 6.42 Å². The number of benzene rings is 2. The van der Waals surface area contributed by atoms with Crippen molar-refractivity contribution in [3.05, 3.63) is 58.9 Å². The molecule has 3 aliphatic heterocycles. The number of carbonyl (C=O) groups is 1. The molecule has 9 rings (SSSR count). The smallest absolute Gasteiger partial charge is 0.330 e. The van der Waals surface area contributed by atoms with Crippen molar-refractivity contribution in [2.75, 3.05) is 29.5 Å². The van der Waals surface area contributed by atoms with Crippen LogP contribution in [0.4, 0.5) is 25.1 Å². The Morgan fingerprint density at radius 3 is 2.76 bits per heavy atom. The van der Waals surface area contributed by atoms with Crippen LogP contribution < -0.4 is 19.9 Å². The number of urea groups is 1. The standard InChI is InChI=1S/C30H29F2N7O2/c1-15-26-23(8-9-33-15)35-39(18-6-7-22(31)20(10-18)16-2-3-16)29(26)36-13-19-14-41-25-11-24-21(12-34-38(24)17-4-5-17)27(32)28(25)37(19)30(36)40/h6-7,10-12,15-17,19,33H,2-5,8-9,13-14H2,1H3/t15-,19+/m0/s1. The first-order valence-corrected chi connectivity index (χ1v) is 14.6. The summed E-state index contributed by atoms with van der Waals surface area (Å²) in [7, 11) is 0. The number of aromatic nitrogens is 4. The monoisotopic (exact) mass is 557 g/mol. The summed E-state index contributed by atoms with van der Waals surface area (Å²) in [6.45, 7) is 3.41. The minimum Gasteiger partial charge on any atom is -0.489 e. The molecular formula is C30H29F2N7O2. The highest BCUT2D eigenvalue weighted by atomic mass is 19.1. The number of hydrogen-bond donors (Lipinski definition) is 1. The number of carbonyl (C=O) groups excluding carboxylic acids is 1. The summed E-state index contributed by atoms with van der Waals surface area (Å²) in [5.74, 6) is 0.547. The van der Waals surface area contributed by atoms with Gasteiger partial charge in [-0.1, -0.05) is 0 Å². The molecule has 2 aliphatic carbocycles. The van der Waals surface area contributed by atoms with E-state index in [9.17, 15) is 9.18 Å². The van der Waals surface area contributed by atoms with Gasteiger partial charge in [-0.15, -0.1) is 0 Å². The molecule has 11 heteroatoms. The highest BCUT2D eigenvalue weighted by Gasteiger charge is 2.48. The molecule has 5 heterocycles. The van der Waals surface area contributed by atoms with Crippen molar-refractivity contribution >= 4 is 28.4 Å². The number of anilines is 2. The molecule has 2 amide bonds. The fraction of sp³-hybridized carbons (Fsp3) is 0.433. The minimum atomic E-state index is -0.484. The number of fused-ring (bicyclic) bond motifs is 5. The van der Waals surface area contributed by atoms with Crippen molar-refractivity contribution in [3.63, 3.8) is 0 Å². The predicted molar refractivity (Wildman–Crippen MR) is 148 cm³/mol. The Balaban J connectivity index is 1.17. The van der Waals surface area contributed by atoms with E-state index in [4.69, 9.17) is 9.84 Å². The van der Waals surface area contributed by atoms with Gasteiger partial charge < -0.3 is 10.1 Å². The van der Waals surface area contributed by atoms with Crippen LogP contribution in [0.1, 0.15) is 67.4 Å². The zero-order valence-corrected chi connectivity index (χ0v) is 22.6. The van der Waals surface area contributed by atoms with E-state index in [1.54, 1.807) is 26.7 Å². The Hall–Kier alpha value is -3.99. The molecule has 41 heavy (non-hydrogen) atoms. The minimum absolute atomic E-state index is 0.0376. The van der Waals surface area contributed by atoms with E-state index in [0.717, 1.165) is 55.6 Å². The van der Waals surface area contributed by atoms with E-state index in [2.05, 4.69) is 17.3 Å². The fourth-order valence-electron chi connectivity index (χ4n) is 6.90. The number of nitrogens with one attached hydrogen (secondary N) is 1. The summed E-state index contributed by atoms with van der Waals surface area (Å²) < 4.78 is 40.6. The normalized spacial score (nSPS) is 23.5. The van der Waals surface area contributed by atoms with E-state index in [0.29, 0.717) is 40.6 Å². The molecule has 3 fully saturated rings. The highest BCUT2D eigenvalue weighted by Crippen LogP contribution is 2.47. The van der Waals surface area contributed by atoms with Gasteiger partial charge in [0.25, 0.3) is 0 Å². The molecule has 4 aromatic rings. The average Bonchev–Trinajstić information content (AvgIpc) is 3.89. The largest absolute Gasteiger partial charge is 0.489 e. The van der Waals surface area contributed by atoms with Crippen LogP contribution in [-0.4, -0.2) is 51.3 Å². The van der Waals surface area contributed by atoms with Gasteiger partial charge in [0.15, 0.2) is 5.82 Å². The van der Waals surface area contributed by atoms with Gasteiger partial charge in [0.2, 0.25) is 0 Å². The maximum Gasteiger partial charge on any atom is 0.330 e. The third-order valence-corrected chi connectivity index (χ3v) is 9.26. The Kier molecular flexibility index (Phi) is 4.78. The second-order valence-corrected chi connectivity index (χ2v) is 12.0. The molecule has 2 atom stereocenters. The molecule has 2 aromatic carbocycles. The molecule has 0 radical (unpaired) electrons. The lowest BCUT2D eigenvalue weighted by molar-refractivity contribution is 0.246. The molecular weight excluding hydrogens is 528 g/mol. The Labute approximate surface area is 234 Å². The first kappa shape index (κ1) is 23.7. The maximum absolute atomic E-state index is 16.2. The van der Waals surface area contributed by atoms with Crippen LogP contribution in [0.15, 0.2) is 30.5 Å². The quantitative estimate of drug-likeness (QED) is 0.377. The summed E-state index contributed by atoms with van der Waals surface area (Å²) >= 11 is 0. The number of nitrogens with zero attached hydrogens (tertiary/aromatic N) is 6. The van der Waals surface area contributed by atoms with Gasteiger partial charge in [-0.2, -0.15) is 10.2 Å². The Morgan fingerprint density at radius 2 is 1.95 bits per heavy atom. The van der Waals surface area contributed by atoms with Gasteiger partial charge in [0.05, 0.1) is 47.1 Å². The van der Waals surface area contributed by atoms with Crippen LogP contribution in [0, 0.1) is 11.6 Å². The van der Waals surface area contributed by atoms with Crippen LogP contribution in [0.25, 0.3) is 16.6 Å². The molecule has 0 spiro atoms. The molecule has 9 nitrogen and oxygen atoms in total. The summed E-state index contributed by atoms with van der Waals surface area (Å²) in [5.41, 5.74) is 4.14. The summed E-state index contributed by atoms with van der Waals surface area (Å²) in [6, 6.07) is 6.47. The van der Waals surface area contributed by atoms with Crippen LogP contribution >= 0.6 is 0 Å². The van der Waals surface area contributed by atoms with E-state index in [1.165, 1.54) is 6.07 Å². The number of ether oxygens (including phenoxy) is 1. The van der Waals surface area contributed by atoms with E-state index in [1.807, 2.05) is 16.8 Å². The van der Waals surface area contributed by atoms with Crippen molar-refractivity contribution in [2.45, 2.75) is 63.1 Å². The molecule has 0 unspecified atom stereocenters. The number of halogens is 2. The van der Waals surface area contributed by atoms with Crippen LogP contribution in [0.5, 0.6) is 5.75 Å². The first-order valence-electron chi connectivity index (χ1n) is 14.6. The van der Waals surface area contributed by atoms with E-state index in [-0.39, 0.29) is 42.1 Å². The Morgan fingerprint density at radius 1 is 1.10 bits per heavy atom. The summed E-state index contributed by atoms with van der Waals surface area (Å²) in [6.07, 6.45) is 6.27. The lowest BCUT2D eigenvalue weighted by Crippen LogP contribution is -2.42. The van der Waals surface area contributed by atoms with E-state index >= 15 is 4.39 Å². The van der Waals surface area contributed by atoms with Gasteiger partial charge in [-0.05, 0) is 62.3 Å². The zero-order chi connectivity index (χ0) is 27.6. The average molecular weight is 558 g/mol. The lowest BCUT2D eigenvalue weighted by Gasteiger charge is -2.31. The first-order chi connectivity index (χ1) is 20.0.